The van der Waals surface area contributed by atoms with Crippen LogP contribution in [0.5, 0.6) is 5.75 Å². The molecule has 25 heavy (non-hydrogen) atoms. The number of anilines is 1. The van der Waals surface area contributed by atoms with E-state index in [9.17, 15) is 9.18 Å². The zero-order valence-corrected chi connectivity index (χ0v) is 13.9. The van der Waals surface area contributed by atoms with Gasteiger partial charge in [-0.3, -0.25) is 4.79 Å². The second-order valence-corrected chi connectivity index (χ2v) is 5.50. The van der Waals surface area contributed by atoms with E-state index < -0.39 is 11.7 Å². The maximum atomic E-state index is 13.1. The number of amides is 1. The molecule has 0 atom stereocenters. The van der Waals surface area contributed by atoms with Gasteiger partial charge < -0.3 is 14.6 Å². The quantitative estimate of drug-likeness (QED) is 0.743. The molecule has 0 saturated carbocycles. The Labute approximate surface area is 147 Å². The van der Waals surface area contributed by atoms with E-state index in [1.807, 2.05) is 0 Å². The van der Waals surface area contributed by atoms with E-state index in [-0.39, 0.29) is 11.6 Å². The molecule has 0 aliphatic heterocycles. The van der Waals surface area contributed by atoms with Gasteiger partial charge in [-0.05, 0) is 30.3 Å². The standard InChI is InChI=1S/C17H13ClFN3O3/c1-10-20-16(22-25-10)9-24-15-5-3-2-4-12(15)17(23)21-14-7-6-11(19)8-13(14)18/h2-8H,9H2,1H3,(H,21,23). The first-order chi connectivity index (χ1) is 12.0. The van der Waals surface area contributed by atoms with E-state index in [0.29, 0.717) is 28.7 Å². The normalized spacial score (nSPS) is 10.5. The monoisotopic (exact) mass is 361 g/mol. The molecular weight excluding hydrogens is 349 g/mol. The van der Waals surface area contributed by atoms with Crippen molar-refractivity contribution in [3.63, 3.8) is 0 Å². The highest BCUT2D eigenvalue weighted by molar-refractivity contribution is 6.34. The van der Waals surface area contributed by atoms with Gasteiger partial charge in [0.05, 0.1) is 16.3 Å². The molecule has 0 spiro atoms. The fourth-order valence-corrected chi connectivity index (χ4v) is 2.32. The number of carbonyl (C=O) groups excluding carboxylic acids is 1. The summed E-state index contributed by atoms with van der Waals surface area (Å²) in [6.45, 7) is 1.73. The van der Waals surface area contributed by atoms with Crippen molar-refractivity contribution < 1.29 is 18.4 Å². The summed E-state index contributed by atoms with van der Waals surface area (Å²) in [5.74, 6) is 0.223. The van der Waals surface area contributed by atoms with Gasteiger partial charge in [-0.1, -0.05) is 28.9 Å². The fraction of sp³-hybridized carbons (Fsp3) is 0.118. The number of nitrogens with one attached hydrogen (secondary N) is 1. The highest BCUT2D eigenvalue weighted by Crippen LogP contribution is 2.25. The Morgan fingerprint density at radius 1 is 1.32 bits per heavy atom. The number of benzene rings is 2. The lowest BCUT2D eigenvalue weighted by molar-refractivity contribution is 0.102. The highest BCUT2D eigenvalue weighted by Gasteiger charge is 2.15. The lowest BCUT2D eigenvalue weighted by Gasteiger charge is -2.11. The zero-order valence-electron chi connectivity index (χ0n) is 13.1. The van der Waals surface area contributed by atoms with Crippen LogP contribution in [-0.4, -0.2) is 16.0 Å². The number of nitrogens with zero attached hydrogens (tertiary/aromatic N) is 2. The van der Waals surface area contributed by atoms with Crippen LogP contribution in [0.3, 0.4) is 0 Å². The van der Waals surface area contributed by atoms with Crippen molar-refractivity contribution in [3.05, 3.63) is 70.6 Å². The molecule has 2 aromatic carbocycles. The molecule has 0 bridgehead atoms. The van der Waals surface area contributed by atoms with Crippen LogP contribution in [0, 0.1) is 12.7 Å². The van der Waals surface area contributed by atoms with E-state index in [4.69, 9.17) is 20.9 Å². The third-order valence-corrected chi connectivity index (χ3v) is 3.55. The molecule has 0 aliphatic rings. The van der Waals surface area contributed by atoms with Crippen molar-refractivity contribution in [1.82, 2.24) is 10.1 Å². The molecule has 3 rings (SSSR count). The van der Waals surface area contributed by atoms with Crippen molar-refractivity contribution in [2.75, 3.05) is 5.32 Å². The minimum absolute atomic E-state index is 0.0545. The van der Waals surface area contributed by atoms with Crippen molar-refractivity contribution in [2.45, 2.75) is 13.5 Å². The van der Waals surface area contributed by atoms with E-state index in [1.165, 1.54) is 12.1 Å². The molecule has 0 fully saturated rings. The summed E-state index contributed by atoms with van der Waals surface area (Å²) >= 11 is 5.93. The first kappa shape index (κ1) is 16.9. The van der Waals surface area contributed by atoms with Crippen LogP contribution in [0.2, 0.25) is 5.02 Å². The number of para-hydroxylation sites is 1. The molecule has 3 aromatic rings. The maximum Gasteiger partial charge on any atom is 0.259 e. The van der Waals surface area contributed by atoms with Crippen LogP contribution >= 0.6 is 11.6 Å². The number of ether oxygens (including phenoxy) is 1. The molecule has 1 heterocycles. The van der Waals surface area contributed by atoms with Gasteiger partial charge in [-0.15, -0.1) is 0 Å². The molecule has 6 nitrogen and oxygen atoms in total. The third-order valence-electron chi connectivity index (χ3n) is 3.24. The summed E-state index contributed by atoms with van der Waals surface area (Å²) in [5.41, 5.74) is 0.597. The number of hydrogen-bond donors (Lipinski definition) is 1. The minimum Gasteiger partial charge on any atom is -0.485 e. The minimum atomic E-state index is -0.484. The zero-order chi connectivity index (χ0) is 17.8. The summed E-state index contributed by atoms with van der Waals surface area (Å²) in [7, 11) is 0. The number of rotatable bonds is 5. The van der Waals surface area contributed by atoms with Crippen LogP contribution in [0.1, 0.15) is 22.1 Å². The Kier molecular flexibility index (Phi) is 4.95. The van der Waals surface area contributed by atoms with E-state index in [0.717, 1.165) is 6.07 Å². The average Bonchev–Trinajstić information content (AvgIpc) is 3.01. The molecule has 0 unspecified atom stereocenters. The number of halogens is 2. The van der Waals surface area contributed by atoms with Crippen molar-refractivity contribution >= 4 is 23.2 Å². The number of aryl methyl sites for hydroxylation is 1. The van der Waals surface area contributed by atoms with Gasteiger partial charge in [0.1, 0.15) is 11.6 Å². The summed E-state index contributed by atoms with van der Waals surface area (Å²) in [6.07, 6.45) is 0. The predicted octanol–water partition coefficient (Wildman–Crippen LogP) is 4.00. The Bertz CT molecular complexity index is 914. The van der Waals surface area contributed by atoms with Gasteiger partial charge in [0.15, 0.2) is 6.61 Å². The Balaban J connectivity index is 1.76. The summed E-state index contributed by atoms with van der Waals surface area (Å²) in [4.78, 5) is 16.5. The molecule has 128 valence electrons. The lowest BCUT2D eigenvalue weighted by atomic mass is 10.2. The largest absolute Gasteiger partial charge is 0.485 e. The predicted molar refractivity (Wildman–Crippen MR) is 89.2 cm³/mol. The van der Waals surface area contributed by atoms with Gasteiger partial charge in [-0.2, -0.15) is 4.98 Å². The van der Waals surface area contributed by atoms with E-state index >= 15 is 0 Å². The smallest absolute Gasteiger partial charge is 0.259 e. The van der Waals surface area contributed by atoms with Gasteiger partial charge in [0, 0.05) is 6.92 Å². The van der Waals surface area contributed by atoms with Crippen LogP contribution < -0.4 is 10.1 Å². The van der Waals surface area contributed by atoms with Crippen molar-refractivity contribution in [1.29, 1.82) is 0 Å². The molecule has 0 aliphatic carbocycles. The van der Waals surface area contributed by atoms with Gasteiger partial charge >= 0.3 is 0 Å². The number of hydrogen-bond acceptors (Lipinski definition) is 5. The third kappa shape index (κ3) is 4.13. The van der Waals surface area contributed by atoms with Crippen LogP contribution in [0.25, 0.3) is 0 Å². The first-order valence-corrected chi connectivity index (χ1v) is 7.68. The van der Waals surface area contributed by atoms with Gasteiger partial charge in [0.25, 0.3) is 5.91 Å². The van der Waals surface area contributed by atoms with Gasteiger partial charge in [-0.25, -0.2) is 4.39 Å². The second-order valence-electron chi connectivity index (χ2n) is 5.09. The summed E-state index contributed by atoms with van der Waals surface area (Å²) in [5, 5.41) is 6.46. The lowest BCUT2D eigenvalue weighted by Crippen LogP contribution is -2.14. The molecule has 1 aromatic heterocycles. The van der Waals surface area contributed by atoms with Crippen molar-refractivity contribution in [2.24, 2.45) is 0 Å². The van der Waals surface area contributed by atoms with Crippen LogP contribution in [0.4, 0.5) is 10.1 Å². The van der Waals surface area contributed by atoms with Crippen LogP contribution in [-0.2, 0) is 6.61 Å². The number of aromatic nitrogens is 2. The molecule has 1 N–H and O–H groups in total. The maximum absolute atomic E-state index is 13.1. The van der Waals surface area contributed by atoms with E-state index in [1.54, 1.807) is 31.2 Å². The Morgan fingerprint density at radius 2 is 2.12 bits per heavy atom. The summed E-state index contributed by atoms with van der Waals surface area (Å²) < 4.78 is 23.6. The van der Waals surface area contributed by atoms with E-state index in [2.05, 4.69) is 15.5 Å². The molecular formula is C17H13ClFN3O3. The first-order valence-electron chi connectivity index (χ1n) is 7.30. The second kappa shape index (κ2) is 7.31. The topological polar surface area (TPSA) is 77.2 Å². The fourth-order valence-electron chi connectivity index (χ4n) is 2.10. The molecule has 1 amide bonds. The average molecular weight is 362 g/mol. The Hall–Kier alpha value is -2.93. The molecule has 0 radical (unpaired) electrons. The molecule has 0 saturated heterocycles. The SMILES string of the molecule is Cc1nc(COc2ccccc2C(=O)Nc2ccc(F)cc2Cl)no1. The highest BCUT2D eigenvalue weighted by atomic mass is 35.5. The summed E-state index contributed by atoms with van der Waals surface area (Å²) in [6, 6.07) is 10.4. The number of carbonyl (C=O) groups is 1. The van der Waals surface area contributed by atoms with Gasteiger partial charge in [0.2, 0.25) is 11.7 Å². The molecule has 8 heteroatoms. The Morgan fingerprint density at radius 3 is 2.84 bits per heavy atom. The van der Waals surface area contributed by atoms with Crippen molar-refractivity contribution in [3.8, 4) is 5.75 Å². The van der Waals surface area contributed by atoms with Crippen LogP contribution in [0.15, 0.2) is 47.0 Å².